The Bertz CT molecular complexity index is 1110. The lowest BCUT2D eigenvalue weighted by Gasteiger charge is -2.15. The highest BCUT2D eigenvalue weighted by Crippen LogP contribution is 2.33. The van der Waals surface area contributed by atoms with E-state index in [2.05, 4.69) is 35.6 Å². The van der Waals surface area contributed by atoms with E-state index in [4.69, 9.17) is 4.74 Å². The highest BCUT2D eigenvalue weighted by Gasteiger charge is 2.35. The molecule has 0 N–H and O–H groups in total. The molecule has 0 saturated heterocycles. The first-order valence-electron chi connectivity index (χ1n) is 9.55. The van der Waals surface area contributed by atoms with Crippen LogP contribution in [-0.4, -0.2) is 28.6 Å². The maximum atomic E-state index is 13.7. The SMILES string of the molecule is Cn1c(=O)c2ccc(Br)cc2n1Cc1cn(COCC[Si](C)(C)C)cc1C(F)(F)F. The molecule has 0 aliphatic carbocycles. The third-order valence-electron chi connectivity index (χ3n) is 4.95. The second kappa shape index (κ2) is 8.39. The average Bonchev–Trinajstić information content (AvgIpc) is 3.13. The number of nitrogens with zero attached hydrogens (tertiary/aromatic N) is 3. The van der Waals surface area contributed by atoms with Gasteiger partial charge in [-0.25, -0.2) is 0 Å². The van der Waals surface area contributed by atoms with Crippen LogP contribution in [0.4, 0.5) is 13.2 Å². The third-order valence-corrected chi connectivity index (χ3v) is 7.15. The molecule has 2 aromatic heterocycles. The van der Waals surface area contributed by atoms with Gasteiger partial charge in [-0.15, -0.1) is 0 Å². The van der Waals surface area contributed by atoms with E-state index in [0.29, 0.717) is 17.5 Å². The molecule has 0 saturated carbocycles. The molecule has 3 rings (SSSR count). The average molecular weight is 504 g/mol. The van der Waals surface area contributed by atoms with E-state index in [1.165, 1.54) is 15.4 Å². The van der Waals surface area contributed by atoms with E-state index < -0.39 is 19.8 Å². The maximum absolute atomic E-state index is 13.7. The van der Waals surface area contributed by atoms with Gasteiger partial charge in [0.05, 0.1) is 23.0 Å². The number of benzene rings is 1. The lowest BCUT2D eigenvalue weighted by atomic mass is 10.2. The minimum atomic E-state index is -4.50. The quantitative estimate of drug-likeness (QED) is 0.325. The van der Waals surface area contributed by atoms with Gasteiger partial charge in [-0.05, 0) is 24.2 Å². The Morgan fingerprint density at radius 2 is 1.87 bits per heavy atom. The number of fused-ring (bicyclic) bond motifs is 1. The van der Waals surface area contributed by atoms with Gasteiger partial charge in [-0.1, -0.05) is 35.6 Å². The summed E-state index contributed by atoms with van der Waals surface area (Å²) in [5.74, 6) is 0. The second-order valence-corrected chi connectivity index (χ2v) is 15.1. The van der Waals surface area contributed by atoms with Crippen molar-refractivity contribution in [3.63, 3.8) is 0 Å². The van der Waals surface area contributed by atoms with Crippen LogP contribution in [0.25, 0.3) is 10.9 Å². The smallest absolute Gasteiger partial charge is 0.361 e. The van der Waals surface area contributed by atoms with Crippen LogP contribution in [0.2, 0.25) is 25.7 Å². The molecule has 0 spiro atoms. The highest BCUT2D eigenvalue weighted by atomic mass is 79.9. The van der Waals surface area contributed by atoms with Crippen molar-refractivity contribution in [2.45, 2.75) is 45.1 Å². The van der Waals surface area contributed by atoms with Gasteiger partial charge in [0.2, 0.25) is 0 Å². The molecule has 0 aliphatic rings. The highest BCUT2D eigenvalue weighted by molar-refractivity contribution is 9.10. The van der Waals surface area contributed by atoms with E-state index in [-0.39, 0.29) is 24.4 Å². The van der Waals surface area contributed by atoms with Crippen LogP contribution >= 0.6 is 15.9 Å². The third kappa shape index (κ3) is 5.09. The predicted octanol–water partition coefficient (Wildman–Crippen LogP) is 5.28. The van der Waals surface area contributed by atoms with Gasteiger partial charge in [0.1, 0.15) is 6.73 Å². The lowest BCUT2D eigenvalue weighted by Crippen LogP contribution is -2.21. The van der Waals surface area contributed by atoms with Gasteiger partial charge in [0.15, 0.2) is 0 Å². The van der Waals surface area contributed by atoms with Crippen LogP contribution in [0, 0.1) is 0 Å². The van der Waals surface area contributed by atoms with E-state index in [0.717, 1.165) is 16.7 Å². The Balaban J connectivity index is 1.91. The summed E-state index contributed by atoms with van der Waals surface area (Å²) in [6.07, 6.45) is -1.98. The van der Waals surface area contributed by atoms with Crippen molar-refractivity contribution in [1.82, 2.24) is 13.9 Å². The minimum absolute atomic E-state index is 0.0600. The fourth-order valence-corrected chi connectivity index (χ4v) is 4.36. The van der Waals surface area contributed by atoms with Crippen LogP contribution < -0.4 is 5.56 Å². The molecule has 1 aromatic carbocycles. The van der Waals surface area contributed by atoms with Gasteiger partial charge in [0.25, 0.3) is 5.56 Å². The molecular formula is C20H25BrF3N3O2Si. The standard InChI is InChI=1S/C20H25BrF3N3O2Si/c1-25-19(28)16-6-5-15(21)9-18(16)27(25)11-14-10-26(12-17(14)20(22,23)24)13-29-7-8-30(2,3)4/h5-6,9-10,12H,7-8,11,13H2,1-4H3. The summed E-state index contributed by atoms with van der Waals surface area (Å²) in [4.78, 5) is 12.5. The van der Waals surface area contributed by atoms with Crippen LogP contribution in [0.5, 0.6) is 0 Å². The number of halogens is 4. The number of alkyl halides is 3. The summed E-state index contributed by atoms with van der Waals surface area (Å²) in [6.45, 7) is 7.16. The van der Waals surface area contributed by atoms with Crippen molar-refractivity contribution in [1.29, 1.82) is 0 Å². The van der Waals surface area contributed by atoms with E-state index in [1.54, 1.807) is 29.9 Å². The predicted molar refractivity (Wildman–Crippen MR) is 118 cm³/mol. The molecule has 0 bridgehead atoms. The summed E-state index contributed by atoms with van der Waals surface area (Å²) >= 11 is 3.36. The van der Waals surface area contributed by atoms with Gasteiger partial charge >= 0.3 is 6.18 Å². The molecule has 0 unspecified atom stereocenters. The molecule has 0 aliphatic heterocycles. The first-order chi connectivity index (χ1) is 13.9. The van der Waals surface area contributed by atoms with Crippen LogP contribution in [0.1, 0.15) is 11.1 Å². The fourth-order valence-electron chi connectivity index (χ4n) is 3.26. The first kappa shape index (κ1) is 22.9. The Morgan fingerprint density at radius 1 is 1.17 bits per heavy atom. The van der Waals surface area contributed by atoms with Gasteiger partial charge in [-0.3, -0.25) is 14.2 Å². The monoisotopic (exact) mass is 503 g/mol. The Hall–Kier alpha value is -1.78. The van der Waals surface area contributed by atoms with Crippen molar-refractivity contribution in [3.8, 4) is 0 Å². The van der Waals surface area contributed by atoms with Crippen LogP contribution in [0.15, 0.2) is 39.9 Å². The maximum Gasteiger partial charge on any atom is 0.418 e. The van der Waals surface area contributed by atoms with E-state index in [1.807, 2.05) is 0 Å². The zero-order chi connectivity index (χ0) is 22.3. The summed E-state index contributed by atoms with van der Waals surface area (Å²) in [6, 6.07) is 6.09. The van der Waals surface area contributed by atoms with E-state index >= 15 is 0 Å². The second-order valence-electron chi connectivity index (χ2n) is 8.60. The number of hydrogen-bond donors (Lipinski definition) is 0. The Morgan fingerprint density at radius 3 is 2.50 bits per heavy atom. The summed E-state index contributed by atoms with van der Waals surface area (Å²) in [5.41, 5.74) is -0.311. The molecule has 0 fully saturated rings. The molecule has 10 heteroatoms. The van der Waals surface area contributed by atoms with Gasteiger partial charge in [-0.2, -0.15) is 13.2 Å². The topological polar surface area (TPSA) is 41.1 Å². The number of rotatable bonds is 7. The molecule has 3 aromatic rings. The van der Waals surface area contributed by atoms with Gasteiger partial charge < -0.3 is 9.30 Å². The van der Waals surface area contributed by atoms with E-state index in [9.17, 15) is 18.0 Å². The number of aromatic nitrogens is 3. The Labute approximate surface area is 182 Å². The van der Waals surface area contributed by atoms with Gasteiger partial charge in [0, 0.05) is 44.2 Å². The number of ether oxygens (including phenoxy) is 1. The molecule has 0 radical (unpaired) electrons. The molecular weight excluding hydrogens is 479 g/mol. The molecule has 164 valence electrons. The molecule has 5 nitrogen and oxygen atoms in total. The van der Waals surface area contributed by atoms with Crippen LogP contribution in [-0.2, 0) is 31.2 Å². The normalized spacial score (nSPS) is 12.8. The van der Waals surface area contributed by atoms with Crippen molar-refractivity contribution in [2.24, 2.45) is 7.05 Å². The first-order valence-corrected chi connectivity index (χ1v) is 14.1. The van der Waals surface area contributed by atoms with Crippen molar-refractivity contribution >= 4 is 34.9 Å². The Kier molecular flexibility index (Phi) is 6.40. The zero-order valence-electron chi connectivity index (χ0n) is 17.4. The fraction of sp³-hybridized carbons (Fsp3) is 0.450. The summed E-state index contributed by atoms with van der Waals surface area (Å²) < 4.78 is 51.7. The molecule has 0 atom stereocenters. The number of hydrogen-bond acceptors (Lipinski definition) is 2. The summed E-state index contributed by atoms with van der Waals surface area (Å²) in [7, 11) is 0.285. The van der Waals surface area contributed by atoms with Crippen molar-refractivity contribution in [2.75, 3.05) is 6.61 Å². The van der Waals surface area contributed by atoms with Crippen LogP contribution in [0.3, 0.4) is 0 Å². The zero-order valence-corrected chi connectivity index (χ0v) is 20.0. The lowest BCUT2D eigenvalue weighted by molar-refractivity contribution is -0.138. The largest absolute Gasteiger partial charge is 0.418 e. The minimum Gasteiger partial charge on any atom is -0.361 e. The van der Waals surface area contributed by atoms with Crippen molar-refractivity contribution in [3.05, 3.63) is 56.5 Å². The molecule has 30 heavy (non-hydrogen) atoms. The van der Waals surface area contributed by atoms with Crippen molar-refractivity contribution < 1.29 is 17.9 Å². The molecule has 2 heterocycles. The molecule has 0 amide bonds. The summed E-state index contributed by atoms with van der Waals surface area (Å²) in [5, 5.41) is 0.461.